The van der Waals surface area contributed by atoms with E-state index in [1.807, 2.05) is 30.0 Å². The van der Waals surface area contributed by atoms with Crippen LogP contribution in [0.1, 0.15) is 35.2 Å². The monoisotopic (exact) mass is 444 g/mol. The van der Waals surface area contributed by atoms with Gasteiger partial charge < -0.3 is 19.6 Å². The lowest BCUT2D eigenvalue weighted by molar-refractivity contribution is -0.135. The maximum absolute atomic E-state index is 12.5. The topological polar surface area (TPSA) is 88.4 Å². The van der Waals surface area contributed by atoms with Crippen LogP contribution in [0.4, 0.5) is 0 Å². The summed E-state index contributed by atoms with van der Waals surface area (Å²) in [5, 5.41) is 14.1. The van der Waals surface area contributed by atoms with E-state index in [0.29, 0.717) is 29.9 Å². The van der Waals surface area contributed by atoms with Gasteiger partial charge in [0.15, 0.2) is 6.61 Å². The van der Waals surface area contributed by atoms with E-state index >= 15 is 0 Å². The van der Waals surface area contributed by atoms with Crippen molar-refractivity contribution in [1.29, 1.82) is 0 Å². The number of phenols is 1. The van der Waals surface area contributed by atoms with E-state index in [1.54, 1.807) is 11.0 Å². The van der Waals surface area contributed by atoms with Gasteiger partial charge >= 0.3 is 5.97 Å². The molecule has 0 atom stereocenters. The van der Waals surface area contributed by atoms with Crippen molar-refractivity contribution in [1.82, 2.24) is 4.90 Å². The van der Waals surface area contributed by atoms with Gasteiger partial charge in [-0.15, -0.1) is 0 Å². The van der Waals surface area contributed by atoms with Crippen molar-refractivity contribution in [3.63, 3.8) is 0 Å². The van der Waals surface area contributed by atoms with Gasteiger partial charge in [-0.3, -0.25) is 4.79 Å². The maximum atomic E-state index is 12.5. The number of hydrogen-bond acceptors (Lipinski definition) is 7. The Bertz CT molecular complexity index is 860. The maximum Gasteiger partial charge on any atom is 0.338 e. The first-order chi connectivity index (χ1) is 15.1. The molecule has 0 spiro atoms. The van der Waals surface area contributed by atoms with Crippen molar-refractivity contribution < 1.29 is 24.3 Å². The minimum Gasteiger partial charge on any atom is -0.508 e. The quantitative estimate of drug-likeness (QED) is 0.437. The summed E-state index contributed by atoms with van der Waals surface area (Å²) in [5.74, 6) is 1.41. The molecule has 3 rings (SSSR count). The van der Waals surface area contributed by atoms with Crippen LogP contribution in [0.2, 0.25) is 0 Å². The van der Waals surface area contributed by atoms with Crippen LogP contribution >= 0.6 is 11.8 Å². The number of fused-ring (bicyclic) bond motifs is 1. The van der Waals surface area contributed by atoms with Gasteiger partial charge in [0.25, 0.3) is 5.91 Å². The predicted octanol–water partition coefficient (Wildman–Crippen LogP) is 3.34. The van der Waals surface area contributed by atoms with Crippen molar-refractivity contribution in [2.45, 2.75) is 25.7 Å². The number of benzene rings is 1. The second-order valence-electron chi connectivity index (χ2n) is 7.24. The number of nitrogens with zero attached hydrogens (tertiary/aromatic N) is 2. The van der Waals surface area contributed by atoms with Crippen LogP contribution in [-0.4, -0.2) is 65.4 Å². The zero-order valence-electron chi connectivity index (χ0n) is 17.5. The van der Waals surface area contributed by atoms with Gasteiger partial charge in [-0.25, -0.2) is 4.79 Å². The number of esters is 1. The number of allylic oxidation sites excluding steroid dienone is 3. The fourth-order valence-corrected chi connectivity index (χ4v) is 4.16. The Morgan fingerprint density at radius 3 is 2.77 bits per heavy atom. The van der Waals surface area contributed by atoms with Crippen LogP contribution in [0.3, 0.4) is 0 Å². The molecule has 7 nitrogen and oxygen atoms in total. The average Bonchev–Trinajstić information content (AvgIpc) is 2.77. The van der Waals surface area contributed by atoms with Crippen molar-refractivity contribution in [3.8, 4) is 5.75 Å². The van der Waals surface area contributed by atoms with Gasteiger partial charge in [-0.2, -0.15) is 11.8 Å². The summed E-state index contributed by atoms with van der Waals surface area (Å²) in [5.41, 5.74) is 1.52. The molecule has 0 unspecified atom stereocenters. The summed E-state index contributed by atoms with van der Waals surface area (Å²) in [4.78, 5) is 32.0. The molecule has 1 saturated heterocycles. The predicted molar refractivity (Wildman–Crippen MR) is 122 cm³/mol. The standard InChI is InChI=1S/C23H28N2O5S/c26-20-8-9-21-18(16-20)15-19(7-5-3-1-2-4-6-12-29-23(21)28)24-30-17-22(27)25-10-13-31-14-11-25/h2,4-5,7-9,16,26H,1,3,6,10-15,17H2/b4-2+,7-5+,24-19+. The van der Waals surface area contributed by atoms with E-state index in [1.165, 1.54) is 12.1 Å². The van der Waals surface area contributed by atoms with Crippen molar-refractivity contribution >= 4 is 29.4 Å². The molecule has 31 heavy (non-hydrogen) atoms. The number of thioether (sulfide) groups is 1. The highest BCUT2D eigenvalue weighted by molar-refractivity contribution is 7.99. The second-order valence-corrected chi connectivity index (χ2v) is 8.47. The molecule has 0 saturated carbocycles. The first kappa shape index (κ1) is 22.9. The fourth-order valence-electron chi connectivity index (χ4n) is 3.26. The molecule has 0 aromatic heterocycles. The van der Waals surface area contributed by atoms with E-state index in [4.69, 9.17) is 9.57 Å². The smallest absolute Gasteiger partial charge is 0.338 e. The molecule has 1 N–H and O–H groups in total. The third-order valence-corrected chi connectivity index (χ3v) is 5.85. The fraction of sp³-hybridized carbons (Fsp3) is 0.435. The van der Waals surface area contributed by atoms with Gasteiger partial charge in [0.05, 0.1) is 17.9 Å². The summed E-state index contributed by atoms with van der Waals surface area (Å²) >= 11 is 1.84. The molecule has 8 heteroatoms. The summed E-state index contributed by atoms with van der Waals surface area (Å²) in [7, 11) is 0. The molecule has 1 aromatic carbocycles. The third-order valence-electron chi connectivity index (χ3n) is 4.91. The summed E-state index contributed by atoms with van der Waals surface area (Å²) in [6.45, 7) is 1.63. The number of rotatable bonds is 3. The zero-order valence-corrected chi connectivity index (χ0v) is 18.3. The van der Waals surface area contributed by atoms with E-state index in [9.17, 15) is 14.7 Å². The van der Waals surface area contributed by atoms with Gasteiger partial charge in [0, 0.05) is 31.0 Å². The highest BCUT2D eigenvalue weighted by Gasteiger charge is 2.18. The third kappa shape index (κ3) is 7.47. The second kappa shape index (κ2) is 12.2. The largest absolute Gasteiger partial charge is 0.508 e. The number of carbonyl (C=O) groups is 2. The summed E-state index contributed by atoms with van der Waals surface area (Å²) in [6, 6.07) is 4.54. The molecule has 2 aliphatic heterocycles. The number of oxime groups is 1. The molecule has 0 bridgehead atoms. The molecule has 0 aliphatic carbocycles. The van der Waals surface area contributed by atoms with Crippen molar-refractivity contribution in [2.75, 3.05) is 37.8 Å². The molecule has 1 aromatic rings. The van der Waals surface area contributed by atoms with E-state index in [2.05, 4.69) is 11.2 Å². The first-order valence-electron chi connectivity index (χ1n) is 10.5. The van der Waals surface area contributed by atoms with Gasteiger partial charge in [-0.05, 0) is 49.1 Å². The Morgan fingerprint density at radius 1 is 1.16 bits per heavy atom. The van der Waals surface area contributed by atoms with Crippen LogP contribution in [0.25, 0.3) is 0 Å². The molecular formula is C23H28N2O5S. The molecule has 166 valence electrons. The number of amides is 1. The van der Waals surface area contributed by atoms with E-state index in [0.717, 1.165) is 37.4 Å². The average molecular weight is 445 g/mol. The molecule has 0 radical (unpaired) electrons. The van der Waals surface area contributed by atoms with Gasteiger partial charge in [-0.1, -0.05) is 23.4 Å². The number of aromatic hydroxyl groups is 1. The van der Waals surface area contributed by atoms with Gasteiger partial charge in [0.1, 0.15) is 5.75 Å². The van der Waals surface area contributed by atoms with E-state index < -0.39 is 5.97 Å². The summed E-state index contributed by atoms with van der Waals surface area (Å²) in [6.07, 6.45) is 10.5. The minimum atomic E-state index is -0.442. The van der Waals surface area contributed by atoms with Crippen LogP contribution in [0.5, 0.6) is 5.75 Å². The molecule has 2 aliphatic rings. The van der Waals surface area contributed by atoms with Crippen LogP contribution in [0.15, 0.2) is 47.7 Å². The van der Waals surface area contributed by atoms with Crippen LogP contribution < -0.4 is 0 Å². The number of cyclic esters (lactones) is 1. The Balaban J connectivity index is 1.75. The lowest BCUT2D eigenvalue weighted by Gasteiger charge is -2.25. The molecular weight excluding hydrogens is 416 g/mol. The van der Waals surface area contributed by atoms with Crippen LogP contribution in [0, 0.1) is 0 Å². The Labute approximate surface area is 186 Å². The molecule has 1 fully saturated rings. The molecule has 1 amide bonds. The number of phenolic OH excluding ortho intramolecular Hbond substituents is 1. The summed E-state index contributed by atoms with van der Waals surface area (Å²) < 4.78 is 5.36. The lowest BCUT2D eigenvalue weighted by Crippen LogP contribution is -2.39. The highest BCUT2D eigenvalue weighted by Crippen LogP contribution is 2.20. The Morgan fingerprint density at radius 2 is 1.94 bits per heavy atom. The van der Waals surface area contributed by atoms with Crippen molar-refractivity contribution in [2.24, 2.45) is 5.16 Å². The van der Waals surface area contributed by atoms with Crippen LogP contribution in [-0.2, 0) is 20.8 Å². The normalized spacial score (nSPS) is 21.5. The van der Waals surface area contributed by atoms with E-state index in [-0.39, 0.29) is 24.7 Å². The lowest BCUT2D eigenvalue weighted by atomic mass is 10.0. The minimum absolute atomic E-state index is 0.0537. The number of carbonyl (C=O) groups excluding carboxylic acids is 2. The number of ether oxygens (including phenoxy) is 1. The van der Waals surface area contributed by atoms with Gasteiger partial charge in [0.2, 0.25) is 0 Å². The Kier molecular flexibility index (Phi) is 9.02. The molecule has 2 heterocycles. The first-order valence-corrected chi connectivity index (χ1v) is 11.6. The highest BCUT2D eigenvalue weighted by atomic mass is 32.2. The number of hydrogen-bond donors (Lipinski definition) is 1. The van der Waals surface area contributed by atoms with Crippen molar-refractivity contribution in [3.05, 3.63) is 53.6 Å². The zero-order chi connectivity index (χ0) is 21.9. The SMILES string of the molecule is O=C1OCC/C=C/CC/C=C/C(=N\OCC(=O)N2CCSCC2)Cc2cc(O)ccc21. The Hall–Kier alpha value is -2.74.